The van der Waals surface area contributed by atoms with Gasteiger partial charge in [0.2, 0.25) is 15.9 Å². The van der Waals surface area contributed by atoms with Crippen LogP contribution >= 0.6 is 0 Å². The van der Waals surface area contributed by atoms with E-state index in [-0.39, 0.29) is 10.8 Å². The third-order valence-electron chi connectivity index (χ3n) is 4.56. The van der Waals surface area contributed by atoms with Gasteiger partial charge in [-0.05, 0) is 55.7 Å². The smallest absolute Gasteiger partial charge is 0.246 e. The molecule has 8 heteroatoms. The molecule has 2 aromatic carbocycles. The van der Waals surface area contributed by atoms with Crippen LogP contribution in [0.1, 0.15) is 39.2 Å². The molecule has 0 radical (unpaired) electrons. The molecule has 0 bridgehead atoms. The van der Waals surface area contributed by atoms with Crippen molar-refractivity contribution in [3.63, 3.8) is 0 Å². The number of unbranched alkanes of at least 4 members (excludes halogenated alkanes) is 1. The van der Waals surface area contributed by atoms with Crippen molar-refractivity contribution >= 4 is 33.0 Å². The highest BCUT2D eigenvalue weighted by Gasteiger charge is 2.17. The lowest BCUT2D eigenvalue weighted by Gasteiger charge is -2.19. The highest BCUT2D eigenvalue weighted by Crippen LogP contribution is 2.26. The van der Waals surface area contributed by atoms with E-state index in [0.29, 0.717) is 11.4 Å². The van der Waals surface area contributed by atoms with Crippen LogP contribution in [0.5, 0.6) is 0 Å². The average molecular weight is 419 g/mol. The van der Waals surface area contributed by atoms with E-state index in [2.05, 4.69) is 29.8 Å². The summed E-state index contributed by atoms with van der Waals surface area (Å²) in [6.07, 6.45) is 2.93. The lowest BCUT2D eigenvalue weighted by atomic mass is 10.1. The molecule has 29 heavy (non-hydrogen) atoms. The zero-order valence-electron chi connectivity index (χ0n) is 17.2. The van der Waals surface area contributed by atoms with E-state index >= 15 is 0 Å². The molecule has 0 aliphatic rings. The summed E-state index contributed by atoms with van der Waals surface area (Å²) in [7, 11) is -3.85. The summed E-state index contributed by atoms with van der Waals surface area (Å²) >= 11 is 0. The van der Waals surface area contributed by atoms with Gasteiger partial charge in [0.1, 0.15) is 6.04 Å². The second kappa shape index (κ2) is 10.3. The second-order valence-corrected chi connectivity index (χ2v) is 8.50. The Kier molecular flexibility index (Phi) is 8.04. The number of nitrogens with two attached hydrogens (primary N) is 1. The molecule has 2 rings (SSSR count). The molecule has 0 unspecified atom stereocenters. The van der Waals surface area contributed by atoms with Gasteiger partial charge in [-0.15, -0.1) is 0 Å². The van der Waals surface area contributed by atoms with Gasteiger partial charge in [0.15, 0.2) is 0 Å². The first-order chi connectivity index (χ1) is 13.7. The van der Waals surface area contributed by atoms with Gasteiger partial charge in [0, 0.05) is 12.2 Å². The van der Waals surface area contributed by atoms with Crippen molar-refractivity contribution in [3.8, 4) is 0 Å². The van der Waals surface area contributed by atoms with Crippen LogP contribution in [0.2, 0.25) is 0 Å². The van der Waals surface area contributed by atoms with E-state index in [0.717, 1.165) is 31.5 Å². The monoisotopic (exact) mass is 418 g/mol. The Labute approximate surface area is 173 Å². The highest BCUT2D eigenvalue weighted by molar-refractivity contribution is 7.89. The SMILES string of the molecule is CCCCNc1ccc(S(N)(=O)=O)cc1N[C@H](C)C(=O)Nc1ccc(CC)cc1. The predicted molar refractivity (Wildman–Crippen MR) is 119 cm³/mol. The number of hydrogen-bond donors (Lipinski definition) is 4. The number of rotatable bonds is 10. The van der Waals surface area contributed by atoms with Crippen molar-refractivity contribution in [2.75, 3.05) is 22.5 Å². The van der Waals surface area contributed by atoms with Crippen molar-refractivity contribution in [1.82, 2.24) is 0 Å². The summed E-state index contributed by atoms with van der Waals surface area (Å²) < 4.78 is 23.4. The van der Waals surface area contributed by atoms with Crippen LogP contribution in [-0.2, 0) is 21.2 Å². The Morgan fingerprint density at radius 3 is 2.34 bits per heavy atom. The van der Waals surface area contributed by atoms with Gasteiger partial charge in [0.25, 0.3) is 0 Å². The van der Waals surface area contributed by atoms with Crippen LogP contribution in [0.3, 0.4) is 0 Å². The van der Waals surface area contributed by atoms with E-state index in [4.69, 9.17) is 5.14 Å². The van der Waals surface area contributed by atoms with E-state index in [1.165, 1.54) is 17.7 Å². The topological polar surface area (TPSA) is 113 Å². The van der Waals surface area contributed by atoms with E-state index in [1.807, 2.05) is 24.3 Å². The highest BCUT2D eigenvalue weighted by atomic mass is 32.2. The fourth-order valence-electron chi connectivity index (χ4n) is 2.75. The van der Waals surface area contributed by atoms with Crippen molar-refractivity contribution in [3.05, 3.63) is 48.0 Å². The van der Waals surface area contributed by atoms with Gasteiger partial charge >= 0.3 is 0 Å². The summed E-state index contributed by atoms with van der Waals surface area (Å²) in [5.74, 6) is -0.227. The van der Waals surface area contributed by atoms with Crippen molar-refractivity contribution < 1.29 is 13.2 Å². The van der Waals surface area contributed by atoms with Crippen LogP contribution in [0.15, 0.2) is 47.4 Å². The van der Waals surface area contributed by atoms with Crippen LogP contribution < -0.4 is 21.1 Å². The molecule has 2 aromatic rings. The van der Waals surface area contributed by atoms with Gasteiger partial charge in [-0.2, -0.15) is 0 Å². The number of aryl methyl sites for hydroxylation is 1. The summed E-state index contributed by atoms with van der Waals surface area (Å²) in [6, 6.07) is 11.6. The molecule has 1 atom stereocenters. The number of benzene rings is 2. The molecule has 0 saturated carbocycles. The molecule has 0 saturated heterocycles. The Morgan fingerprint density at radius 2 is 1.76 bits per heavy atom. The van der Waals surface area contributed by atoms with Crippen molar-refractivity contribution in [1.29, 1.82) is 0 Å². The van der Waals surface area contributed by atoms with Crippen LogP contribution in [0.25, 0.3) is 0 Å². The molecule has 0 fully saturated rings. The normalized spacial score (nSPS) is 12.3. The minimum absolute atomic E-state index is 0.0104. The fraction of sp³-hybridized carbons (Fsp3) is 0.381. The first kappa shape index (κ1) is 22.7. The number of sulfonamides is 1. The van der Waals surface area contributed by atoms with Gasteiger partial charge in [-0.3, -0.25) is 4.79 Å². The number of nitrogens with one attached hydrogen (secondary N) is 3. The molecule has 158 valence electrons. The number of carbonyl (C=O) groups is 1. The lowest BCUT2D eigenvalue weighted by molar-refractivity contribution is -0.116. The molecule has 0 aromatic heterocycles. The minimum atomic E-state index is -3.85. The fourth-order valence-corrected chi connectivity index (χ4v) is 3.29. The van der Waals surface area contributed by atoms with E-state index in [9.17, 15) is 13.2 Å². The van der Waals surface area contributed by atoms with Gasteiger partial charge < -0.3 is 16.0 Å². The molecule has 1 amide bonds. The first-order valence-electron chi connectivity index (χ1n) is 9.81. The molecule has 0 spiro atoms. The van der Waals surface area contributed by atoms with Gasteiger partial charge in [-0.1, -0.05) is 32.4 Å². The second-order valence-electron chi connectivity index (χ2n) is 6.94. The maximum Gasteiger partial charge on any atom is 0.246 e. The Hall–Kier alpha value is -2.58. The zero-order valence-corrected chi connectivity index (χ0v) is 18.0. The molecule has 0 heterocycles. The van der Waals surface area contributed by atoms with Crippen molar-refractivity contribution in [2.24, 2.45) is 5.14 Å². The summed E-state index contributed by atoms with van der Waals surface area (Å²) in [5.41, 5.74) is 3.13. The van der Waals surface area contributed by atoms with Crippen LogP contribution in [-0.4, -0.2) is 26.9 Å². The summed E-state index contributed by atoms with van der Waals surface area (Å²) in [5, 5.41) is 14.5. The molecular weight excluding hydrogens is 388 g/mol. The largest absolute Gasteiger partial charge is 0.383 e. The maximum absolute atomic E-state index is 12.6. The number of primary sulfonamides is 1. The maximum atomic E-state index is 12.6. The minimum Gasteiger partial charge on any atom is -0.383 e. The van der Waals surface area contributed by atoms with Crippen LogP contribution in [0, 0.1) is 0 Å². The van der Waals surface area contributed by atoms with Crippen molar-refractivity contribution in [2.45, 2.75) is 51.0 Å². The Morgan fingerprint density at radius 1 is 1.07 bits per heavy atom. The molecular formula is C21H30N4O3S. The average Bonchev–Trinajstić information content (AvgIpc) is 2.69. The first-order valence-corrected chi connectivity index (χ1v) is 11.4. The number of hydrogen-bond acceptors (Lipinski definition) is 5. The number of anilines is 3. The van der Waals surface area contributed by atoms with Gasteiger partial charge in [0.05, 0.1) is 16.3 Å². The quantitative estimate of drug-likeness (QED) is 0.441. The van der Waals surface area contributed by atoms with E-state index < -0.39 is 16.1 Å². The number of carbonyl (C=O) groups excluding carboxylic acids is 1. The molecule has 0 aliphatic carbocycles. The third kappa shape index (κ3) is 6.76. The van der Waals surface area contributed by atoms with Gasteiger partial charge in [-0.25, -0.2) is 13.6 Å². The lowest BCUT2D eigenvalue weighted by Crippen LogP contribution is -2.32. The van der Waals surface area contributed by atoms with Crippen LogP contribution in [0.4, 0.5) is 17.1 Å². The molecule has 0 aliphatic heterocycles. The zero-order chi connectivity index (χ0) is 21.4. The Bertz CT molecular complexity index is 927. The predicted octanol–water partition coefficient (Wildman–Crippen LogP) is 3.55. The summed E-state index contributed by atoms with van der Waals surface area (Å²) in [4.78, 5) is 12.6. The standard InChI is InChI=1S/C21H30N4O3S/c1-4-6-13-23-19-12-11-18(29(22,27)28)14-20(19)24-15(3)21(26)25-17-9-7-16(5-2)8-10-17/h7-12,14-15,23-24H,4-6,13H2,1-3H3,(H,25,26)(H2,22,27,28)/t15-/m1/s1. The molecule has 5 N–H and O–H groups in total. The van der Waals surface area contributed by atoms with E-state index in [1.54, 1.807) is 13.0 Å². The Balaban J connectivity index is 2.16. The molecule has 7 nitrogen and oxygen atoms in total. The third-order valence-corrected chi connectivity index (χ3v) is 5.47. The summed E-state index contributed by atoms with van der Waals surface area (Å²) in [6.45, 7) is 6.62. The number of amides is 1.